The first-order valence-electron chi connectivity index (χ1n) is 8.51. The Kier molecular flexibility index (Phi) is 11.6. The average Bonchev–Trinajstić information content (AvgIpc) is 2.67. The number of aliphatic imine (C=N–C) groups is 1. The third kappa shape index (κ3) is 8.59. The van der Waals surface area contributed by atoms with Gasteiger partial charge in [-0.3, -0.25) is 9.98 Å². The van der Waals surface area contributed by atoms with Crippen molar-refractivity contribution < 1.29 is 9.84 Å². The number of guanidine groups is 1. The van der Waals surface area contributed by atoms with Crippen LogP contribution in [0.2, 0.25) is 0 Å². The third-order valence-electron chi connectivity index (χ3n) is 3.51. The number of hydrogen-bond donors (Lipinski definition) is 3. The van der Waals surface area contributed by atoms with Crippen LogP contribution in [0.25, 0.3) is 0 Å². The molecule has 0 bridgehead atoms. The molecule has 7 heteroatoms. The number of halogens is 1. The lowest BCUT2D eigenvalue weighted by Crippen LogP contribution is -2.39. The fourth-order valence-corrected chi connectivity index (χ4v) is 2.22. The Bertz CT molecular complexity index is 626. The van der Waals surface area contributed by atoms with Crippen LogP contribution in [0.15, 0.2) is 59.9 Å². The smallest absolute Gasteiger partial charge is 0.191 e. The number of nitrogens with one attached hydrogen (secondary N) is 2. The summed E-state index contributed by atoms with van der Waals surface area (Å²) in [5.74, 6) is 0.666. The highest BCUT2D eigenvalue weighted by Gasteiger charge is 2.06. The van der Waals surface area contributed by atoms with Crippen molar-refractivity contribution in [1.29, 1.82) is 0 Å². The highest BCUT2D eigenvalue weighted by molar-refractivity contribution is 14.0. The number of ether oxygens (including phenoxy) is 1. The maximum atomic E-state index is 10.2. The lowest BCUT2D eigenvalue weighted by molar-refractivity contribution is 0.125. The second-order valence-electron chi connectivity index (χ2n) is 5.48. The van der Waals surface area contributed by atoms with E-state index in [1.54, 1.807) is 24.5 Å². The van der Waals surface area contributed by atoms with Crippen molar-refractivity contribution in [3.8, 4) is 0 Å². The van der Waals surface area contributed by atoms with Crippen molar-refractivity contribution >= 4 is 29.9 Å². The number of aliphatic hydroxyl groups is 1. The maximum Gasteiger partial charge on any atom is 0.191 e. The van der Waals surface area contributed by atoms with Crippen LogP contribution in [0.3, 0.4) is 0 Å². The third-order valence-corrected chi connectivity index (χ3v) is 3.51. The number of nitrogens with zero attached hydrogens (tertiary/aromatic N) is 2. The molecular weight excluding hydrogens is 443 g/mol. The molecule has 0 saturated carbocycles. The first-order valence-corrected chi connectivity index (χ1v) is 8.51. The van der Waals surface area contributed by atoms with Crippen LogP contribution in [-0.4, -0.2) is 42.3 Å². The van der Waals surface area contributed by atoms with E-state index in [9.17, 15) is 5.11 Å². The summed E-state index contributed by atoms with van der Waals surface area (Å²) in [6, 6.07) is 13.7. The standard InChI is InChI=1S/C19H26N4O2.HI/c1-2-21-19(23-14-18(24)17-8-10-20-11-9-17)22-12-13-25-15-16-6-4-3-5-7-16;/h3-11,18,24H,2,12-15H2,1H3,(H2,21,22,23);1H. The fraction of sp³-hybridized carbons (Fsp3) is 0.368. The first-order chi connectivity index (χ1) is 12.3. The van der Waals surface area contributed by atoms with Gasteiger partial charge in [-0.05, 0) is 30.2 Å². The monoisotopic (exact) mass is 470 g/mol. The Morgan fingerprint density at radius 2 is 1.88 bits per heavy atom. The number of aromatic nitrogens is 1. The van der Waals surface area contributed by atoms with E-state index in [-0.39, 0.29) is 30.5 Å². The molecule has 0 amide bonds. The molecule has 1 heterocycles. The summed E-state index contributed by atoms with van der Waals surface area (Å²) < 4.78 is 5.64. The average molecular weight is 470 g/mol. The minimum absolute atomic E-state index is 0. The summed E-state index contributed by atoms with van der Waals surface area (Å²) in [6.45, 7) is 4.85. The van der Waals surface area contributed by atoms with Gasteiger partial charge in [0.2, 0.25) is 0 Å². The number of pyridine rings is 1. The van der Waals surface area contributed by atoms with Crippen LogP contribution in [0.5, 0.6) is 0 Å². The molecule has 26 heavy (non-hydrogen) atoms. The molecule has 0 aliphatic heterocycles. The fourth-order valence-electron chi connectivity index (χ4n) is 2.22. The van der Waals surface area contributed by atoms with Crippen LogP contribution in [0, 0.1) is 0 Å². The van der Waals surface area contributed by atoms with Gasteiger partial charge in [-0.2, -0.15) is 0 Å². The van der Waals surface area contributed by atoms with Gasteiger partial charge >= 0.3 is 0 Å². The Hall–Kier alpha value is -1.71. The highest BCUT2D eigenvalue weighted by atomic mass is 127. The van der Waals surface area contributed by atoms with Gasteiger partial charge in [-0.15, -0.1) is 24.0 Å². The van der Waals surface area contributed by atoms with E-state index in [4.69, 9.17) is 4.74 Å². The molecule has 0 aliphatic carbocycles. The molecule has 1 aromatic heterocycles. The summed E-state index contributed by atoms with van der Waals surface area (Å²) in [5, 5.41) is 16.5. The highest BCUT2D eigenvalue weighted by Crippen LogP contribution is 2.10. The Morgan fingerprint density at radius 1 is 1.15 bits per heavy atom. The Balaban J connectivity index is 0.00000338. The van der Waals surface area contributed by atoms with Crippen molar-refractivity contribution in [3.05, 3.63) is 66.0 Å². The van der Waals surface area contributed by atoms with Gasteiger partial charge < -0.3 is 20.5 Å². The molecule has 0 saturated heterocycles. The van der Waals surface area contributed by atoms with Gasteiger partial charge in [0.05, 0.1) is 25.9 Å². The molecule has 6 nitrogen and oxygen atoms in total. The quantitative estimate of drug-likeness (QED) is 0.227. The SMILES string of the molecule is CCNC(=NCC(O)c1ccncc1)NCCOCc1ccccc1.I. The van der Waals surface area contributed by atoms with Crippen LogP contribution in [0.1, 0.15) is 24.2 Å². The van der Waals surface area contributed by atoms with E-state index in [0.717, 1.165) is 17.7 Å². The van der Waals surface area contributed by atoms with Gasteiger partial charge in [0.1, 0.15) is 0 Å². The van der Waals surface area contributed by atoms with Crippen molar-refractivity contribution in [1.82, 2.24) is 15.6 Å². The first kappa shape index (κ1) is 22.3. The van der Waals surface area contributed by atoms with Gasteiger partial charge in [-0.1, -0.05) is 30.3 Å². The number of rotatable bonds is 9. The summed E-state index contributed by atoms with van der Waals surface area (Å²) in [6.07, 6.45) is 2.68. The zero-order valence-corrected chi connectivity index (χ0v) is 17.3. The van der Waals surface area contributed by atoms with E-state index in [1.807, 2.05) is 37.3 Å². The molecule has 0 fully saturated rings. The van der Waals surface area contributed by atoms with E-state index in [0.29, 0.717) is 25.7 Å². The molecule has 2 rings (SSSR count). The van der Waals surface area contributed by atoms with E-state index in [1.165, 1.54) is 0 Å². The molecule has 0 radical (unpaired) electrons. The van der Waals surface area contributed by atoms with E-state index >= 15 is 0 Å². The molecule has 0 spiro atoms. The lowest BCUT2D eigenvalue weighted by Gasteiger charge is -2.13. The van der Waals surface area contributed by atoms with Crippen molar-refractivity contribution in [2.45, 2.75) is 19.6 Å². The zero-order valence-electron chi connectivity index (χ0n) is 15.0. The lowest BCUT2D eigenvalue weighted by atomic mass is 10.1. The molecule has 142 valence electrons. The number of benzene rings is 1. The van der Waals surface area contributed by atoms with E-state index < -0.39 is 6.10 Å². The second-order valence-corrected chi connectivity index (χ2v) is 5.48. The summed E-state index contributed by atoms with van der Waals surface area (Å²) in [4.78, 5) is 8.36. The van der Waals surface area contributed by atoms with Gasteiger partial charge in [-0.25, -0.2) is 0 Å². The second kappa shape index (κ2) is 13.5. The maximum absolute atomic E-state index is 10.2. The molecule has 1 unspecified atom stereocenters. The minimum atomic E-state index is -0.646. The molecule has 1 aromatic carbocycles. The number of aliphatic hydroxyl groups excluding tert-OH is 1. The van der Waals surface area contributed by atoms with Crippen LogP contribution >= 0.6 is 24.0 Å². The Morgan fingerprint density at radius 3 is 2.58 bits per heavy atom. The summed E-state index contributed by atoms with van der Waals surface area (Å²) in [5.41, 5.74) is 1.96. The molecule has 2 aromatic rings. The van der Waals surface area contributed by atoms with Crippen molar-refractivity contribution in [3.63, 3.8) is 0 Å². The van der Waals surface area contributed by atoms with Gasteiger partial charge in [0, 0.05) is 25.5 Å². The Labute approximate surface area is 172 Å². The van der Waals surface area contributed by atoms with Crippen LogP contribution in [0.4, 0.5) is 0 Å². The predicted molar refractivity (Wildman–Crippen MR) is 115 cm³/mol. The molecule has 1 atom stereocenters. The van der Waals surface area contributed by atoms with Crippen molar-refractivity contribution in [2.24, 2.45) is 4.99 Å². The summed E-state index contributed by atoms with van der Waals surface area (Å²) in [7, 11) is 0. The molecule has 3 N–H and O–H groups in total. The van der Waals surface area contributed by atoms with E-state index in [2.05, 4.69) is 20.6 Å². The number of hydrogen-bond acceptors (Lipinski definition) is 4. The van der Waals surface area contributed by atoms with Gasteiger partial charge in [0.15, 0.2) is 5.96 Å². The molecule has 0 aliphatic rings. The largest absolute Gasteiger partial charge is 0.386 e. The predicted octanol–water partition coefficient (Wildman–Crippen LogP) is 2.50. The zero-order chi connectivity index (χ0) is 17.7. The topological polar surface area (TPSA) is 78.8 Å². The normalized spacial score (nSPS) is 12.2. The van der Waals surface area contributed by atoms with Crippen LogP contribution in [-0.2, 0) is 11.3 Å². The van der Waals surface area contributed by atoms with Crippen molar-refractivity contribution in [2.75, 3.05) is 26.2 Å². The summed E-state index contributed by atoms with van der Waals surface area (Å²) >= 11 is 0. The van der Waals surface area contributed by atoms with Crippen LogP contribution < -0.4 is 10.6 Å². The minimum Gasteiger partial charge on any atom is -0.386 e. The molecular formula is C19H27IN4O2. The van der Waals surface area contributed by atoms with Gasteiger partial charge in [0.25, 0.3) is 0 Å².